The van der Waals surface area contributed by atoms with Crippen molar-refractivity contribution in [3.63, 3.8) is 0 Å². The first kappa shape index (κ1) is 16.8. The second-order valence-corrected chi connectivity index (χ2v) is 5.51. The molecule has 2 N–H and O–H groups in total. The molecule has 0 aliphatic heterocycles. The molecule has 0 fully saturated rings. The molecule has 0 bridgehead atoms. The van der Waals surface area contributed by atoms with Gasteiger partial charge in [-0.2, -0.15) is 0 Å². The number of rotatable bonds is 7. The van der Waals surface area contributed by atoms with Crippen molar-refractivity contribution >= 4 is 11.9 Å². The van der Waals surface area contributed by atoms with Crippen LogP contribution in [0.3, 0.4) is 0 Å². The van der Waals surface area contributed by atoms with E-state index in [2.05, 4.69) is 12.2 Å². The largest absolute Gasteiger partial charge is 0.481 e. The van der Waals surface area contributed by atoms with E-state index in [1.54, 1.807) is 6.92 Å². The lowest BCUT2D eigenvalue weighted by atomic mass is 10.0. The molecule has 122 valence electrons. The summed E-state index contributed by atoms with van der Waals surface area (Å²) in [6, 6.07) is 9.63. The van der Waals surface area contributed by atoms with E-state index in [1.807, 2.05) is 30.3 Å². The van der Waals surface area contributed by atoms with Crippen LogP contribution in [0.1, 0.15) is 53.1 Å². The summed E-state index contributed by atoms with van der Waals surface area (Å²) in [6.07, 6.45) is 2.85. The van der Waals surface area contributed by atoms with Gasteiger partial charge in [0.2, 0.25) is 0 Å². The van der Waals surface area contributed by atoms with Crippen molar-refractivity contribution in [3.8, 4) is 0 Å². The van der Waals surface area contributed by atoms with Crippen LogP contribution in [0.5, 0.6) is 0 Å². The number of nitrogens with one attached hydrogen (secondary N) is 1. The first-order chi connectivity index (χ1) is 11.0. The second-order valence-electron chi connectivity index (χ2n) is 5.51. The van der Waals surface area contributed by atoms with Crippen molar-refractivity contribution < 1.29 is 19.1 Å². The van der Waals surface area contributed by atoms with Gasteiger partial charge < -0.3 is 14.8 Å². The Bertz CT molecular complexity index is 676. The van der Waals surface area contributed by atoms with Crippen LogP contribution in [-0.2, 0) is 11.2 Å². The molecule has 1 heterocycles. The number of aryl methyl sites for hydroxylation is 1. The average Bonchev–Trinajstić information content (AvgIpc) is 2.87. The number of carboxylic acid groups (broad SMARTS) is 1. The molecule has 5 heteroatoms. The van der Waals surface area contributed by atoms with E-state index in [4.69, 9.17) is 9.52 Å². The van der Waals surface area contributed by atoms with E-state index in [1.165, 1.54) is 6.26 Å². The summed E-state index contributed by atoms with van der Waals surface area (Å²) >= 11 is 0. The van der Waals surface area contributed by atoms with Crippen LogP contribution in [0.25, 0.3) is 0 Å². The SMILES string of the molecule is CCCC(NC(=O)c1c(C)coc1CC(=O)O)c1ccccc1. The van der Waals surface area contributed by atoms with E-state index in [9.17, 15) is 9.59 Å². The third kappa shape index (κ3) is 4.22. The van der Waals surface area contributed by atoms with Gasteiger partial charge in [-0.3, -0.25) is 9.59 Å². The minimum absolute atomic E-state index is 0.110. The summed E-state index contributed by atoms with van der Waals surface area (Å²) in [6.45, 7) is 3.79. The molecule has 0 saturated carbocycles. The van der Waals surface area contributed by atoms with Gasteiger partial charge in [-0.1, -0.05) is 43.7 Å². The summed E-state index contributed by atoms with van der Waals surface area (Å²) in [5.41, 5.74) is 2.00. The van der Waals surface area contributed by atoms with Crippen LogP contribution >= 0.6 is 0 Å². The fourth-order valence-electron chi connectivity index (χ4n) is 2.60. The molecule has 1 aromatic heterocycles. The van der Waals surface area contributed by atoms with Crippen LogP contribution in [0.4, 0.5) is 0 Å². The Kier molecular flexibility index (Phi) is 5.57. The van der Waals surface area contributed by atoms with Crippen LogP contribution < -0.4 is 5.32 Å². The van der Waals surface area contributed by atoms with Gasteiger partial charge in [-0.05, 0) is 18.9 Å². The van der Waals surface area contributed by atoms with Gasteiger partial charge in [-0.15, -0.1) is 0 Å². The lowest BCUT2D eigenvalue weighted by molar-refractivity contribution is -0.136. The Morgan fingerprint density at radius 2 is 1.96 bits per heavy atom. The number of aliphatic carboxylic acids is 1. The minimum atomic E-state index is -1.03. The lowest BCUT2D eigenvalue weighted by Gasteiger charge is -2.19. The molecule has 0 aliphatic rings. The van der Waals surface area contributed by atoms with Crippen molar-refractivity contribution in [1.29, 1.82) is 0 Å². The van der Waals surface area contributed by atoms with E-state index >= 15 is 0 Å². The average molecular weight is 315 g/mol. The van der Waals surface area contributed by atoms with Crippen molar-refractivity contribution in [2.75, 3.05) is 0 Å². The Morgan fingerprint density at radius 1 is 1.26 bits per heavy atom. The highest BCUT2D eigenvalue weighted by Crippen LogP contribution is 2.22. The summed E-state index contributed by atoms with van der Waals surface area (Å²) < 4.78 is 5.23. The molecule has 0 aliphatic carbocycles. The van der Waals surface area contributed by atoms with E-state index in [0.29, 0.717) is 11.1 Å². The molecule has 0 radical (unpaired) electrons. The van der Waals surface area contributed by atoms with Gasteiger partial charge in [0.15, 0.2) is 0 Å². The monoisotopic (exact) mass is 315 g/mol. The number of hydrogen-bond donors (Lipinski definition) is 2. The van der Waals surface area contributed by atoms with E-state index in [-0.39, 0.29) is 24.1 Å². The number of carbonyl (C=O) groups is 2. The van der Waals surface area contributed by atoms with Gasteiger partial charge in [-0.25, -0.2) is 0 Å². The molecule has 5 nitrogen and oxygen atoms in total. The molecule has 1 unspecified atom stereocenters. The smallest absolute Gasteiger partial charge is 0.311 e. The fourth-order valence-corrected chi connectivity index (χ4v) is 2.60. The maximum atomic E-state index is 12.6. The number of amides is 1. The summed E-state index contributed by atoms with van der Waals surface area (Å²) in [5.74, 6) is -1.13. The molecule has 1 amide bonds. The van der Waals surface area contributed by atoms with Gasteiger partial charge in [0.25, 0.3) is 5.91 Å². The van der Waals surface area contributed by atoms with E-state index < -0.39 is 5.97 Å². The van der Waals surface area contributed by atoms with Crippen molar-refractivity contribution in [1.82, 2.24) is 5.32 Å². The van der Waals surface area contributed by atoms with Gasteiger partial charge in [0, 0.05) is 5.56 Å². The molecular formula is C18H21NO4. The standard InChI is InChI=1S/C18H21NO4/c1-3-7-14(13-8-5-4-6-9-13)19-18(22)17-12(2)11-23-15(17)10-16(20)21/h4-6,8-9,11,14H,3,7,10H2,1-2H3,(H,19,22)(H,20,21). The van der Waals surface area contributed by atoms with Crippen LogP contribution in [0, 0.1) is 6.92 Å². The first-order valence-electron chi connectivity index (χ1n) is 7.67. The van der Waals surface area contributed by atoms with E-state index in [0.717, 1.165) is 18.4 Å². The van der Waals surface area contributed by atoms with Crippen molar-refractivity contribution in [3.05, 3.63) is 59.0 Å². The molecule has 1 atom stereocenters. The topological polar surface area (TPSA) is 79.5 Å². The number of carboxylic acids is 1. The quantitative estimate of drug-likeness (QED) is 0.819. The molecule has 2 rings (SSSR count). The fraction of sp³-hybridized carbons (Fsp3) is 0.333. The third-order valence-electron chi connectivity index (χ3n) is 3.67. The molecule has 1 aromatic carbocycles. The maximum Gasteiger partial charge on any atom is 0.311 e. The zero-order valence-electron chi connectivity index (χ0n) is 13.3. The maximum absolute atomic E-state index is 12.6. The number of hydrogen-bond acceptors (Lipinski definition) is 3. The highest BCUT2D eigenvalue weighted by molar-refractivity contribution is 5.97. The third-order valence-corrected chi connectivity index (χ3v) is 3.67. The lowest BCUT2D eigenvalue weighted by Crippen LogP contribution is -2.29. The van der Waals surface area contributed by atoms with Crippen LogP contribution in [-0.4, -0.2) is 17.0 Å². The summed E-state index contributed by atoms with van der Waals surface area (Å²) in [7, 11) is 0. The number of furan rings is 1. The predicted molar refractivity (Wildman–Crippen MR) is 86.3 cm³/mol. The van der Waals surface area contributed by atoms with Gasteiger partial charge in [0.05, 0.1) is 17.9 Å². The molecule has 2 aromatic rings. The highest BCUT2D eigenvalue weighted by Gasteiger charge is 2.23. The molecule has 0 spiro atoms. The van der Waals surface area contributed by atoms with Crippen molar-refractivity contribution in [2.24, 2.45) is 0 Å². The number of benzene rings is 1. The van der Waals surface area contributed by atoms with Crippen LogP contribution in [0.15, 0.2) is 41.0 Å². The minimum Gasteiger partial charge on any atom is -0.481 e. The van der Waals surface area contributed by atoms with Crippen molar-refractivity contribution in [2.45, 2.75) is 39.2 Å². The second kappa shape index (κ2) is 7.63. The highest BCUT2D eigenvalue weighted by atomic mass is 16.4. The Balaban J connectivity index is 2.22. The molecular weight excluding hydrogens is 294 g/mol. The molecule has 23 heavy (non-hydrogen) atoms. The summed E-state index contributed by atoms with van der Waals surface area (Å²) in [5, 5.41) is 11.9. The molecule has 0 saturated heterocycles. The van der Waals surface area contributed by atoms with Gasteiger partial charge in [0.1, 0.15) is 12.2 Å². The first-order valence-corrected chi connectivity index (χ1v) is 7.67. The predicted octanol–water partition coefficient (Wildman–Crippen LogP) is 3.49. The summed E-state index contributed by atoms with van der Waals surface area (Å²) in [4.78, 5) is 23.5. The van der Waals surface area contributed by atoms with Gasteiger partial charge >= 0.3 is 5.97 Å². The Morgan fingerprint density at radius 3 is 2.57 bits per heavy atom. The zero-order valence-corrected chi connectivity index (χ0v) is 13.3. The Labute approximate surface area is 135 Å². The Hall–Kier alpha value is -2.56. The normalized spacial score (nSPS) is 11.9. The number of carbonyl (C=O) groups excluding carboxylic acids is 1. The zero-order chi connectivity index (χ0) is 16.8. The van der Waals surface area contributed by atoms with Crippen LogP contribution in [0.2, 0.25) is 0 Å².